The third-order valence-electron chi connectivity index (χ3n) is 3.36. The van der Waals surface area contributed by atoms with Crippen LogP contribution >= 0.6 is 11.8 Å². The lowest BCUT2D eigenvalue weighted by Crippen LogP contribution is -2.16. The zero-order valence-corrected chi connectivity index (χ0v) is 13.5. The number of pyridine rings is 1. The molecule has 0 atom stereocenters. The molecule has 1 heterocycles. The van der Waals surface area contributed by atoms with Crippen LogP contribution in [0.5, 0.6) is 0 Å². The van der Waals surface area contributed by atoms with E-state index >= 15 is 0 Å². The highest BCUT2D eigenvalue weighted by Crippen LogP contribution is 2.31. The fraction of sp³-hybridized carbons (Fsp3) is 0.235. The van der Waals surface area contributed by atoms with Crippen LogP contribution in [0.3, 0.4) is 0 Å². The smallest absolute Gasteiger partial charge is 0.268 e. The van der Waals surface area contributed by atoms with Gasteiger partial charge in [0.2, 0.25) is 0 Å². The molecular formula is C17H16N4OS. The van der Waals surface area contributed by atoms with Crippen LogP contribution in [0.15, 0.2) is 34.0 Å². The molecule has 0 aliphatic rings. The lowest BCUT2D eigenvalue weighted by molar-refractivity contribution is 0.896. The van der Waals surface area contributed by atoms with Crippen molar-refractivity contribution in [2.45, 2.75) is 24.7 Å². The van der Waals surface area contributed by atoms with E-state index in [1.165, 1.54) is 0 Å². The summed E-state index contributed by atoms with van der Waals surface area (Å²) in [7, 11) is 0. The number of H-pyrrole nitrogens is 1. The first kappa shape index (κ1) is 16.7. The van der Waals surface area contributed by atoms with Gasteiger partial charge in [0.15, 0.2) is 0 Å². The second-order valence-electron chi connectivity index (χ2n) is 4.95. The second kappa shape index (κ2) is 7.53. The molecule has 0 aliphatic heterocycles. The third-order valence-corrected chi connectivity index (χ3v) is 4.44. The molecule has 0 saturated heterocycles. The van der Waals surface area contributed by atoms with Crippen LogP contribution in [0.2, 0.25) is 0 Å². The van der Waals surface area contributed by atoms with E-state index in [9.17, 15) is 15.3 Å². The molecule has 0 fully saturated rings. The molecule has 2 rings (SSSR count). The van der Waals surface area contributed by atoms with Gasteiger partial charge in [0, 0.05) is 10.5 Å². The predicted octanol–water partition coefficient (Wildman–Crippen LogP) is 3.26. The van der Waals surface area contributed by atoms with E-state index in [1.54, 1.807) is 17.8 Å². The summed E-state index contributed by atoms with van der Waals surface area (Å²) in [6, 6.07) is 11.3. The van der Waals surface area contributed by atoms with Gasteiger partial charge in [-0.1, -0.05) is 25.5 Å². The number of nitriles is 2. The maximum Gasteiger partial charge on any atom is 0.268 e. The number of hydrogen-bond donors (Lipinski definition) is 2. The third kappa shape index (κ3) is 3.56. The Morgan fingerprint density at radius 3 is 2.65 bits per heavy atom. The highest BCUT2D eigenvalue weighted by Gasteiger charge is 2.18. The summed E-state index contributed by atoms with van der Waals surface area (Å²) < 4.78 is 0. The van der Waals surface area contributed by atoms with Crippen molar-refractivity contribution in [1.82, 2.24) is 4.98 Å². The second-order valence-corrected chi connectivity index (χ2v) is 6.11. The maximum atomic E-state index is 12.0. The van der Waals surface area contributed by atoms with Crippen LogP contribution in [0.4, 0.5) is 5.82 Å². The SMILES string of the molecule is CCCCSc1cccc(-c2c(C#N)c(N)[nH]c(=O)c2C#N)c1. The normalized spacial score (nSPS) is 10.0. The van der Waals surface area contributed by atoms with Crippen LogP contribution in [0, 0.1) is 22.7 Å². The zero-order chi connectivity index (χ0) is 16.8. The summed E-state index contributed by atoms with van der Waals surface area (Å²) in [4.78, 5) is 15.3. The highest BCUT2D eigenvalue weighted by molar-refractivity contribution is 7.99. The number of benzene rings is 1. The summed E-state index contributed by atoms with van der Waals surface area (Å²) in [5.41, 5.74) is 6.14. The quantitative estimate of drug-likeness (QED) is 0.648. The lowest BCUT2D eigenvalue weighted by Gasteiger charge is -2.10. The monoisotopic (exact) mass is 324 g/mol. The highest BCUT2D eigenvalue weighted by atomic mass is 32.2. The van der Waals surface area contributed by atoms with Gasteiger partial charge in [0.1, 0.15) is 29.1 Å². The molecule has 0 bridgehead atoms. The fourth-order valence-electron chi connectivity index (χ4n) is 2.21. The Kier molecular flexibility index (Phi) is 5.46. The van der Waals surface area contributed by atoms with Gasteiger partial charge in [-0.15, -0.1) is 11.8 Å². The number of hydrogen-bond acceptors (Lipinski definition) is 5. The van der Waals surface area contributed by atoms with E-state index in [-0.39, 0.29) is 16.9 Å². The van der Waals surface area contributed by atoms with Crippen molar-refractivity contribution in [3.05, 3.63) is 45.7 Å². The molecule has 1 aromatic heterocycles. The Balaban J connectivity index is 2.59. The topological polar surface area (TPSA) is 106 Å². The Morgan fingerprint density at radius 1 is 1.26 bits per heavy atom. The first-order valence-corrected chi connectivity index (χ1v) is 8.20. The van der Waals surface area contributed by atoms with E-state index in [4.69, 9.17) is 5.73 Å². The number of thioether (sulfide) groups is 1. The van der Waals surface area contributed by atoms with Crippen molar-refractivity contribution in [3.8, 4) is 23.3 Å². The van der Waals surface area contributed by atoms with Crippen molar-refractivity contribution in [2.75, 3.05) is 11.5 Å². The number of nitrogen functional groups attached to an aromatic ring is 1. The first-order valence-electron chi connectivity index (χ1n) is 7.21. The number of nitrogens with two attached hydrogens (primary N) is 1. The van der Waals surface area contributed by atoms with E-state index in [0.29, 0.717) is 11.1 Å². The number of anilines is 1. The van der Waals surface area contributed by atoms with Crippen LogP contribution in [-0.4, -0.2) is 10.7 Å². The number of nitrogens with zero attached hydrogens (tertiary/aromatic N) is 2. The van der Waals surface area contributed by atoms with Crippen molar-refractivity contribution >= 4 is 17.6 Å². The van der Waals surface area contributed by atoms with Crippen molar-refractivity contribution in [1.29, 1.82) is 10.5 Å². The minimum atomic E-state index is -0.581. The molecule has 3 N–H and O–H groups in total. The molecule has 1 aromatic carbocycles. The maximum absolute atomic E-state index is 12.0. The molecule has 0 saturated carbocycles. The van der Waals surface area contributed by atoms with Gasteiger partial charge in [-0.05, 0) is 29.9 Å². The van der Waals surface area contributed by atoms with Crippen LogP contribution < -0.4 is 11.3 Å². The summed E-state index contributed by atoms with van der Waals surface area (Å²) in [6.07, 6.45) is 2.23. The number of aromatic amines is 1. The number of rotatable bonds is 5. The number of nitrogens with one attached hydrogen (secondary N) is 1. The molecule has 2 aromatic rings. The Labute approximate surface area is 138 Å². The first-order chi connectivity index (χ1) is 11.1. The Hall–Kier alpha value is -2.70. The van der Waals surface area contributed by atoms with E-state index < -0.39 is 5.56 Å². The van der Waals surface area contributed by atoms with Gasteiger partial charge >= 0.3 is 0 Å². The van der Waals surface area contributed by atoms with Gasteiger partial charge in [-0.2, -0.15) is 10.5 Å². The summed E-state index contributed by atoms with van der Waals surface area (Å²) in [5.74, 6) is 0.976. The average Bonchev–Trinajstić information content (AvgIpc) is 2.55. The van der Waals surface area contributed by atoms with E-state index in [2.05, 4.69) is 11.9 Å². The largest absolute Gasteiger partial charge is 0.384 e. The molecular weight excluding hydrogens is 308 g/mol. The summed E-state index contributed by atoms with van der Waals surface area (Å²) in [6.45, 7) is 2.13. The Morgan fingerprint density at radius 2 is 2.00 bits per heavy atom. The molecule has 116 valence electrons. The molecule has 6 heteroatoms. The fourth-order valence-corrected chi connectivity index (χ4v) is 3.26. The van der Waals surface area contributed by atoms with Gasteiger partial charge < -0.3 is 10.7 Å². The molecule has 0 radical (unpaired) electrons. The average molecular weight is 324 g/mol. The van der Waals surface area contributed by atoms with Crippen LogP contribution in [-0.2, 0) is 0 Å². The lowest BCUT2D eigenvalue weighted by atomic mass is 9.97. The van der Waals surface area contributed by atoms with E-state index in [0.717, 1.165) is 23.5 Å². The van der Waals surface area contributed by atoms with Crippen LogP contribution in [0.1, 0.15) is 30.9 Å². The van der Waals surface area contributed by atoms with Gasteiger partial charge in [0.25, 0.3) is 5.56 Å². The number of aromatic nitrogens is 1. The molecule has 0 amide bonds. The molecule has 0 unspecified atom stereocenters. The molecule has 23 heavy (non-hydrogen) atoms. The van der Waals surface area contributed by atoms with Crippen LogP contribution in [0.25, 0.3) is 11.1 Å². The summed E-state index contributed by atoms with van der Waals surface area (Å²) in [5, 5.41) is 18.6. The predicted molar refractivity (Wildman–Crippen MR) is 92.0 cm³/mol. The standard InChI is InChI=1S/C17H16N4OS/c1-2-3-7-23-12-6-4-5-11(8-12)15-13(9-18)16(20)21-17(22)14(15)10-19/h4-6,8H,2-3,7H2,1H3,(H3,20,21,22). The summed E-state index contributed by atoms with van der Waals surface area (Å²) >= 11 is 1.71. The van der Waals surface area contributed by atoms with Crippen molar-refractivity contribution < 1.29 is 0 Å². The van der Waals surface area contributed by atoms with Gasteiger partial charge in [-0.3, -0.25) is 4.79 Å². The van der Waals surface area contributed by atoms with Gasteiger partial charge in [0.05, 0.1) is 0 Å². The zero-order valence-electron chi connectivity index (χ0n) is 12.7. The molecule has 0 spiro atoms. The minimum Gasteiger partial charge on any atom is -0.384 e. The van der Waals surface area contributed by atoms with E-state index in [1.807, 2.05) is 30.3 Å². The Bertz CT molecular complexity index is 858. The number of unbranched alkanes of at least 4 members (excludes halogenated alkanes) is 1. The molecule has 0 aliphatic carbocycles. The molecule has 5 nitrogen and oxygen atoms in total. The minimum absolute atomic E-state index is 0.0180. The van der Waals surface area contributed by atoms with Gasteiger partial charge in [-0.25, -0.2) is 0 Å². The van der Waals surface area contributed by atoms with Crippen molar-refractivity contribution in [3.63, 3.8) is 0 Å². The van der Waals surface area contributed by atoms with Crippen molar-refractivity contribution in [2.24, 2.45) is 0 Å².